The summed E-state index contributed by atoms with van der Waals surface area (Å²) in [5, 5.41) is 0. The smallest absolute Gasteiger partial charge is 0.289 e. The lowest BCUT2D eigenvalue weighted by molar-refractivity contribution is 0.0658. The van der Waals surface area contributed by atoms with Crippen LogP contribution in [0.3, 0.4) is 0 Å². The number of hydrogen-bond acceptors (Lipinski definition) is 3. The summed E-state index contributed by atoms with van der Waals surface area (Å²) in [5.74, 6) is 0.988. The van der Waals surface area contributed by atoms with Crippen LogP contribution in [0, 0.1) is 5.92 Å². The van der Waals surface area contributed by atoms with Crippen molar-refractivity contribution in [1.82, 2.24) is 9.80 Å². The van der Waals surface area contributed by atoms with Crippen LogP contribution < -0.4 is 0 Å². The van der Waals surface area contributed by atoms with E-state index in [0.29, 0.717) is 17.2 Å². The van der Waals surface area contributed by atoms with Crippen molar-refractivity contribution in [1.29, 1.82) is 0 Å². The largest absolute Gasteiger partial charge is 0.459 e. The summed E-state index contributed by atoms with van der Waals surface area (Å²) >= 11 is 0. The van der Waals surface area contributed by atoms with Gasteiger partial charge in [-0.1, -0.05) is 12.1 Å². The molecule has 1 saturated heterocycles. The van der Waals surface area contributed by atoms with Gasteiger partial charge < -0.3 is 14.2 Å². The van der Waals surface area contributed by atoms with Gasteiger partial charge in [0.05, 0.1) is 6.26 Å². The Balaban J connectivity index is 1.52. The summed E-state index contributed by atoms with van der Waals surface area (Å²) in [6, 6.07) is 11.3. The summed E-state index contributed by atoms with van der Waals surface area (Å²) in [5.41, 5.74) is 1.96. The molecule has 25 heavy (non-hydrogen) atoms. The molecule has 0 spiro atoms. The maximum absolute atomic E-state index is 12.3. The number of hydrogen-bond donors (Lipinski definition) is 0. The van der Waals surface area contributed by atoms with Crippen molar-refractivity contribution in [3.8, 4) is 0 Å². The summed E-state index contributed by atoms with van der Waals surface area (Å²) < 4.78 is 5.20. The molecule has 0 N–H and O–H groups in total. The molecule has 5 heteroatoms. The minimum Gasteiger partial charge on any atom is -0.459 e. The average Bonchev–Trinajstić information content (AvgIpc) is 3.16. The Labute approximate surface area is 148 Å². The second-order valence-electron chi connectivity index (χ2n) is 6.81. The van der Waals surface area contributed by atoms with E-state index in [1.165, 1.54) is 11.8 Å². The topological polar surface area (TPSA) is 53.8 Å². The van der Waals surface area contributed by atoms with E-state index in [0.717, 1.165) is 32.4 Å². The number of carbonyl (C=O) groups is 2. The maximum Gasteiger partial charge on any atom is 0.289 e. The van der Waals surface area contributed by atoms with Gasteiger partial charge in [-0.15, -0.1) is 0 Å². The van der Waals surface area contributed by atoms with Gasteiger partial charge in [0.2, 0.25) is 0 Å². The van der Waals surface area contributed by atoms with E-state index in [9.17, 15) is 9.59 Å². The standard InChI is InChI=1S/C20H24N2O3/c1-21(2)19(23)17-7-5-15(6-8-17)14-16-9-11-22(12-10-16)20(24)18-4-3-13-25-18/h3-8,13,16H,9-12,14H2,1-2H3. The molecule has 1 aromatic carbocycles. The summed E-state index contributed by atoms with van der Waals surface area (Å²) in [6.07, 6.45) is 4.50. The summed E-state index contributed by atoms with van der Waals surface area (Å²) in [6.45, 7) is 1.53. The van der Waals surface area contributed by atoms with Crippen LogP contribution in [0.2, 0.25) is 0 Å². The third-order valence-corrected chi connectivity index (χ3v) is 4.77. The van der Waals surface area contributed by atoms with Crippen LogP contribution in [-0.2, 0) is 6.42 Å². The summed E-state index contributed by atoms with van der Waals surface area (Å²) in [4.78, 5) is 27.7. The van der Waals surface area contributed by atoms with Gasteiger partial charge in [0.25, 0.3) is 11.8 Å². The van der Waals surface area contributed by atoms with Crippen LogP contribution in [0.4, 0.5) is 0 Å². The average molecular weight is 340 g/mol. The predicted octanol–water partition coefficient (Wildman–Crippen LogP) is 3.08. The second-order valence-corrected chi connectivity index (χ2v) is 6.81. The van der Waals surface area contributed by atoms with E-state index in [4.69, 9.17) is 4.42 Å². The van der Waals surface area contributed by atoms with Crippen molar-refractivity contribution in [2.45, 2.75) is 19.3 Å². The molecule has 1 aliphatic rings. The molecule has 2 amide bonds. The van der Waals surface area contributed by atoms with Crippen LogP contribution in [0.5, 0.6) is 0 Å². The third kappa shape index (κ3) is 4.10. The van der Waals surface area contributed by atoms with Crippen molar-refractivity contribution in [3.63, 3.8) is 0 Å². The molecule has 132 valence electrons. The number of furan rings is 1. The van der Waals surface area contributed by atoms with Crippen molar-refractivity contribution in [2.24, 2.45) is 5.92 Å². The van der Waals surface area contributed by atoms with Gasteiger partial charge in [-0.25, -0.2) is 0 Å². The van der Waals surface area contributed by atoms with Crippen molar-refractivity contribution >= 4 is 11.8 Å². The van der Waals surface area contributed by atoms with Gasteiger partial charge in [-0.05, 0) is 55.0 Å². The molecule has 0 atom stereocenters. The molecular formula is C20H24N2O3. The molecule has 1 aliphatic heterocycles. The normalized spacial score (nSPS) is 15.2. The Bertz CT molecular complexity index is 712. The highest BCUT2D eigenvalue weighted by Gasteiger charge is 2.25. The molecule has 5 nitrogen and oxygen atoms in total. The van der Waals surface area contributed by atoms with Gasteiger partial charge in [0, 0.05) is 32.7 Å². The van der Waals surface area contributed by atoms with E-state index in [1.807, 2.05) is 29.2 Å². The minimum atomic E-state index is -0.0185. The van der Waals surface area contributed by atoms with E-state index in [2.05, 4.69) is 0 Å². The van der Waals surface area contributed by atoms with Gasteiger partial charge >= 0.3 is 0 Å². The third-order valence-electron chi connectivity index (χ3n) is 4.77. The van der Waals surface area contributed by atoms with E-state index >= 15 is 0 Å². The van der Waals surface area contributed by atoms with Crippen LogP contribution in [0.15, 0.2) is 47.1 Å². The predicted molar refractivity (Wildman–Crippen MR) is 95.5 cm³/mol. The second kappa shape index (κ2) is 7.55. The fraction of sp³-hybridized carbons (Fsp3) is 0.400. The lowest BCUT2D eigenvalue weighted by Crippen LogP contribution is -2.38. The number of amides is 2. The molecule has 2 aromatic rings. The van der Waals surface area contributed by atoms with Gasteiger partial charge in [0.1, 0.15) is 0 Å². The molecule has 0 radical (unpaired) electrons. The first-order chi connectivity index (χ1) is 12.0. The molecule has 0 bridgehead atoms. The zero-order chi connectivity index (χ0) is 17.8. The first kappa shape index (κ1) is 17.3. The Morgan fingerprint density at radius 1 is 1.12 bits per heavy atom. The van der Waals surface area contributed by atoms with Gasteiger partial charge in [-0.2, -0.15) is 0 Å². The SMILES string of the molecule is CN(C)C(=O)c1ccc(CC2CCN(C(=O)c3ccco3)CC2)cc1. The van der Waals surface area contributed by atoms with Crippen LogP contribution in [0.25, 0.3) is 0 Å². The van der Waals surface area contributed by atoms with Crippen LogP contribution >= 0.6 is 0 Å². The van der Waals surface area contributed by atoms with Crippen molar-refractivity contribution in [3.05, 3.63) is 59.5 Å². The highest BCUT2D eigenvalue weighted by molar-refractivity contribution is 5.93. The van der Waals surface area contributed by atoms with Crippen LogP contribution in [0.1, 0.15) is 39.3 Å². The highest BCUT2D eigenvalue weighted by Crippen LogP contribution is 2.23. The van der Waals surface area contributed by atoms with E-state index < -0.39 is 0 Å². The number of nitrogens with zero attached hydrogens (tertiary/aromatic N) is 2. The molecule has 0 saturated carbocycles. The summed E-state index contributed by atoms with van der Waals surface area (Å²) in [7, 11) is 3.52. The molecule has 1 aromatic heterocycles. The number of rotatable bonds is 4. The number of benzene rings is 1. The number of likely N-dealkylation sites (tertiary alicyclic amines) is 1. The Morgan fingerprint density at radius 2 is 1.80 bits per heavy atom. The zero-order valence-corrected chi connectivity index (χ0v) is 14.8. The molecule has 3 rings (SSSR count). The van der Waals surface area contributed by atoms with Gasteiger partial charge in [0.15, 0.2) is 5.76 Å². The van der Waals surface area contributed by atoms with E-state index in [-0.39, 0.29) is 11.8 Å². The monoisotopic (exact) mass is 340 g/mol. The zero-order valence-electron chi connectivity index (χ0n) is 14.8. The fourth-order valence-corrected chi connectivity index (χ4v) is 3.27. The Hall–Kier alpha value is -2.56. The number of carbonyl (C=O) groups excluding carboxylic acids is 2. The molecule has 1 fully saturated rings. The van der Waals surface area contributed by atoms with Crippen molar-refractivity contribution in [2.75, 3.05) is 27.2 Å². The molecule has 0 unspecified atom stereocenters. The Kier molecular flexibility index (Phi) is 5.22. The molecular weight excluding hydrogens is 316 g/mol. The fourth-order valence-electron chi connectivity index (χ4n) is 3.27. The number of piperidine rings is 1. The molecule has 2 heterocycles. The lowest BCUT2D eigenvalue weighted by atomic mass is 9.90. The van der Waals surface area contributed by atoms with Gasteiger partial charge in [-0.3, -0.25) is 9.59 Å². The van der Waals surface area contributed by atoms with Crippen molar-refractivity contribution < 1.29 is 14.0 Å². The van der Waals surface area contributed by atoms with E-state index in [1.54, 1.807) is 31.1 Å². The first-order valence-corrected chi connectivity index (χ1v) is 8.68. The Morgan fingerprint density at radius 3 is 2.36 bits per heavy atom. The quantitative estimate of drug-likeness (QED) is 0.859. The molecule has 0 aliphatic carbocycles. The highest BCUT2D eigenvalue weighted by atomic mass is 16.3. The van der Waals surface area contributed by atoms with Crippen LogP contribution in [-0.4, -0.2) is 48.8 Å². The minimum absolute atomic E-state index is 0.0185. The maximum atomic E-state index is 12.3. The first-order valence-electron chi connectivity index (χ1n) is 8.68. The lowest BCUT2D eigenvalue weighted by Gasteiger charge is -2.31.